The minimum Gasteiger partial charge on any atom is -0.370 e. The molecule has 0 heterocycles. The molecule has 0 radical (unpaired) electrons. The van der Waals surface area contributed by atoms with E-state index >= 15 is 0 Å². The summed E-state index contributed by atoms with van der Waals surface area (Å²) in [5.41, 5.74) is 2.67. The average molecular weight is 234 g/mol. The Morgan fingerprint density at radius 2 is 1.88 bits per heavy atom. The second-order valence-electron chi connectivity index (χ2n) is 4.90. The number of rotatable bonds is 6. The molecule has 2 nitrogen and oxygen atoms in total. The van der Waals surface area contributed by atoms with Crippen molar-refractivity contribution in [3.05, 3.63) is 29.8 Å². The van der Waals surface area contributed by atoms with Gasteiger partial charge in [0, 0.05) is 24.8 Å². The van der Waals surface area contributed by atoms with Crippen LogP contribution in [0.15, 0.2) is 24.3 Å². The molecular formula is C15H26N2. The highest BCUT2D eigenvalue weighted by Crippen LogP contribution is 2.17. The summed E-state index contributed by atoms with van der Waals surface area (Å²) in [6.07, 6.45) is 1.19. The maximum atomic E-state index is 2.46. The fraction of sp³-hybridized carbons (Fsp3) is 0.600. The molecule has 1 rings (SSSR count). The molecule has 0 amide bonds. The zero-order valence-electron chi connectivity index (χ0n) is 11.9. The molecule has 0 fully saturated rings. The van der Waals surface area contributed by atoms with Gasteiger partial charge in [0.05, 0.1) is 0 Å². The van der Waals surface area contributed by atoms with Crippen LogP contribution in [0.5, 0.6) is 0 Å². The molecule has 0 aliphatic rings. The zero-order chi connectivity index (χ0) is 12.8. The number of hydrogen-bond acceptors (Lipinski definition) is 2. The van der Waals surface area contributed by atoms with Crippen LogP contribution in [-0.2, 0) is 0 Å². The van der Waals surface area contributed by atoms with Gasteiger partial charge < -0.3 is 9.80 Å². The molecule has 1 aromatic rings. The summed E-state index contributed by atoms with van der Waals surface area (Å²) in [5.74, 6) is 0. The van der Waals surface area contributed by atoms with E-state index in [4.69, 9.17) is 0 Å². The molecule has 0 aromatic heterocycles. The van der Waals surface area contributed by atoms with E-state index in [1.165, 1.54) is 17.7 Å². The first-order valence-corrected chi connectivity index (χ1v) is 6.56. The van der Waals surface area contributed by atoms with Crippen molar-refractivity contribution in [1.82, 2.24) is 4.90 Å². The summed E-state index contributed by atoms with van der Waals surface area (Å²) in [6.45, 7) is 8.80. The highest BCUT2D eigenvalue weighted by Gasteiger charge is 2.13. The highest BCUT2D eigenvalue weighted by molar-refractivity contribution is 5.48. The first-order valence-electron chi connectivity index (χ1n) is 6.56. The lowest BCUT2D eigenvalue weighted by molar-refractivity contribution is 0.288. The van der Waals surface area contributed by atoms with E-state index in [0.717, 1.165) is 13.1 Å². The van der Waals surface area contributed by atoms with E-state index in [2.05, 4.69) is 68.9 Å². The van der Waals surface area contributed by atoms with Gasteiger partial charge in [-0.2, -0.15) is 0 Å². The summed E-state index contributed by atoms with van der Waals surface area (Å²) in [6, 6.07) is 9.39. The molecule has 0 aliphatic heterocycles. The van der Waals surface area contributed by atoms with Crippen molar-refractivity contribution in [1.29, 1.82) is 0 Å². The topological polar surface area (TPSA) is 6.48 Å². The molecule has 0 saturated heterocycles. The van der Waals surface area contributed by atoms with Gasteiger partial charge in [0.2, 0.25) is 0 Å². The van der Waals surface area contributed by atoms with E-state index in [0.29, 0.717) is 6.04 Å². The fourth-order valence-electron chi connectivity index (χ4n) is 2.15. The molecule has 0 spiro atoms. The lowest BCUT2D eigenvalue weighted by Crippen LogP contribution is -2.40. The Balaban J connectivity index is 2.78. The lowest BCUT2D eigenvalue weighted by Gasteiger charge is -2.31. The summed E-state index contributed by atoms with van der Waals surface area (Å²) in [4.78, 5) is 4.78. The van der Waals surface area contributed by atoms with Gasteiger partial charge in [-0.05, 0) is 52.1 Å². The van der Waals surface area contributed by atoms with Gasteiger partial charge in [-0.1, -0.05) is 19.1 Å². The molecule has 2 heteroatoms. The predicted molar refractivity (Wildman–Crippen MR) is 76.8 cm³/mol. The van der Waals surface area contributed by atoms with Crippen LogP contribution in [0, 0.1) is 6.92 Å². The average Bonchev–Trinajstić information content (AvgIpc) is 2.30. The van der Waals surface area contributed by atoms with Gasteiger partial charge in [0.15, 0.2) is 0 Å². The SMILES string of the molecule is CCC(CN(CC)c1cccc(C)c1)N(C)C. The van der Waals surface area contributed by atoms with Crippen molar-refractivity contribution < 1.29 is 0 Å². The van der Waals surface area contributed by atoms with Crippen LogP contribution in [0.4, 0.5) is 5.69 Å². The minimum absolute atomic E-state index is 0.621. The molecule has 0 aliphatic carbocycles. The normalized spacial score (nSPS) is 12.8. The predicted octanol–water partition coefficient (Wildman–Crippen LogP) is 3.16. The maximum absolute atomic E-state index is 2.46. The quantitative estimate of drug-likeness (QED) is 0.746. The summed E-state index contributed by atoms with van der Waals surface area (Å²) >= 11 is 0. The number of nitrogens with zero attached hydrogens (tertiary/aromatic N) is 2. The fourth-order valence-corrected chi connectivity index (χ4v) is 2.15. The van der Waals surface area contributed by atoms with E-state index in [-0.39, 0.29) is 0 Å². The Morgan fingerprint density at radius 3 is 2.35 bits per heavy atom. The summed E-state index contributed by atoms with van der Waals surface area (Å²) in [5, 5.41) is 0. The van der Waals surface area contributed by atoms with Gasteiger partial charge in [-0.15, -0.1) is 0 Å². The van der Waals surface area contributed by atoms with Crippen molar-refractivity contribution in [3.63, 3.8) is 0 Å². The Kier molecular flexibility index (Phi) is 5.49. The van der Waals surface area contributed by atoms with E-state index in [1.54, 1.807) is 0 Å². The molecule has 1 aromatic carbocycles. The summed E-state index contributed by atoms with van der Waals surface area (Å²) < 4.78 is 0. The first-order chi connectivity index (χ1) is 8.08. The second-order valence-corrected chi connectivity index (χ2v) is 4.90. The Bertz CT molecular complexity index is 333. The number of aryl methyl sites for hydroxylation is 1. The molecule has 0 N–H and O–H groups in total. The number of hydrogen-bond donors (Lipinski definition) is 0. The van der Waals surface area contributed by atoms with Crippen molar-refractivity contribution >= 4 is 5.69 Å². The molecule has 0 bridgehead atoms. The van der Waals surface area contributed by atoms with Crippen LogP contribution < -0.4 is 4.90 Å². The van der Waals surface area contributed by atoms with Gasteiger partial charge in [0.1, 0.15) is 0 Å². The number of likely N-dealkylation sites (N-methyl/N-ethyl adjacent to an activating group) is 2. The summed E-state index contributed by atoms with van der Waals surface area (Å²) in [7, 11) is 4.33. The third-order valence-electron chi connectivity index (χ3n) is 3.38. The largest absolute Gasteiger partial charge is 0.370 e. The van der Waals surface area contributed by atoms with Crippen molar-refractivity contribution in [2.75, 3.05) is 32.1 Å². The maximum Gasteiger partial charge on any atom is 0.0369 e. The third-order valence-corrected chi connectivity index (χ3v) is 3.38. The lowest BCUT2D eigenvalue weighted by atomic mass is 10.1. The molecule has 17 heavy (non-hydrogen) atoms. The van der Waals surface area contributed by atoms with Crippen LogP contribution in [0.2, 0.25) is 0 Å². The van der Waals surface area contributed by atoms with Gasteiger partial charge in [0.25, 0.3) is 0 Å². The van der Waals surface area contributed by atoms with Crippen molar-refractivity contribution in [2.45, 2.75) is 33.2 Å². The van der Waals surface area contributed by atoms with Crippen molar-refractivity contribution in [3.8, 4) is 0 Å². The zero-order valence-corrected chi connectivity index (χ0v) is 11.9. The Hall–Kier alpha value is -1.02. The van der Waals surface area contributed by atoms with Gasteiger partial charge in [-0.3, -0.25) is 0 Å². The molecule has 0 saturated carbocycles. The second kappa shape index (κ2) is 6.65. The molecule has 96 valence electrons. The van der Waals surface area contributed by atoms with Crippen LogP contribution in [0.3, 0.4) is 0 Å². The van der Waals surface area contributed by atoms with Crippen LogP contribution in [-0.4, -0.2) is 38.1 Å². The van der Waals surface area contributed by atoms with E-state index in [1.807, 2.05) is 0 Å². The molecule has 1 unspecified atom stereocenters. The van der Waals surface area contributed by atoms with E-state index < -0.39 is 0 Å². The van der Waals surface area contributed by atoms with Crippen LogP contribution >= 0.6 is 0 Å². The van der Waals surface area contributed by atoms with Gasteiger partial charge in [-0.25, -0.2) is 0 Å². The molecule has 1 atom stereocenters. The molecular weight excluding hydrogens is 208 g/mol. The smallest absolute Gasteiger partial charge is 0.0369 e. The highest BCUT2D eigenvalue weighted by atomic mass is 15.2. The Labute approximate surface area is 106 Å². The number of benzene rings is 1. The first kappa shape index (κ1) is 14.0. The number of anilines is 1. The standard InChI is InChI=1S/C15H26N2/c1-6-14(16(4)5)12-17(7-2)15-10-8-9-13(3)11-15/h8-11,14H,6-7,12H2,1-5H3. The van der Waals surface area contributed by atoms with Crippen LogP contribution in [0.25, 0.3) is 0 Å². The monoisotopic (exact) mass is 234 g/mol. The van der Waals surface area contributed by atoms with Crippen LogP contribution in [0.1, 0.15) is 25.8 Å². The Morgan fingerprint density at radius 1 is 1.18 bits per heavy atom. The van der Waals surface area contributed by atoms with E-state index in [9.17, 15) is 0 Å². The minimum atomic E-state index is 0.621. The van der Waals surface area contributed by atoms with Gasteiger partial charge >= 0.3 is 0 Å². The third kappa shape index (κ3) is 4.04. The van der Waals surface area contributed by atoms with Crippen molar-refractivity contribution in [2.24, 2.45) is 0 Å².